The molecule has 0 unspecified atom stereocenters. The molecule has 1 N–H and O–H groups in total. The van der Waals surface area contributed by atoms with Gasteiger partial charge >= 0.3 is 5.97 Å². The minimum Gasteiger partial charge on any atom is -0.478 e. The summed E-state index contributed by atoms with van der Waals surface area (Å²) in [5.41, 5.74) is 2.83. The smallest absolute Gasteiger partial charge is 0.335 e. The van der Waals surface area contributed by atoms with Gasteiger partial charge in [-0.05, 0) is 30.7 Å². The van der Waals surface area contributed by atoms with Crippen LogP contribution in [-0.4, -0.2) is 11.1 Å². The van der Waals surface area contributed by atoms with Crippen LogP contribution in [0.15, 0.2) is 53.4 Å². The number of hydrogen-bond donors (Lipinski definition) is 1. The highest BCUT2D eigenvalue weighted by Gasteiger charge is 2.03. The van der Waals surface area contributed by atoms with Crippen molar-refractivity contribution in [3.63, 3.8) is 0 Å². The summed E-state index contributed by atoms with van der Waals surface area (Å²) in [6, 6.07) is 15.4. The highest BCUT2D eigenvalue weighted by atomic mass is 32.2. The number of aromatic carboxylic acids is 1. The largest absolute Gasteiger partial charge is 0.478 e. The van der Waals surface area contributed by atoms with Gasteiger partial charge in [0.1, 0.15) is 0 Å². The zero-order valence-electron chi connectivity index (χ0n) is 10.1. The van der Waals surface area contributed by atoms with Gasteiger partial charge in [-0.1, -0.05) is 35.9 Å². The van der Waals surface area contributed by atoms with E-state index in [0.29, 0.717) is 5.56 Å². The van der Waals surface area contributed by atoms with Crippen molar-refractivity contribution in [2.75, 3.05) is 0 Å². The number of aryl methyl sites for hydroxylation is 1. The molecule has 0 aliphatic rings. The van der Waals surface area contributed by atoms with E-state index in [9.17, 15) is 4.79 Å². The lowest BCUT2D eigenvalue weighted by atomic mass is 10.2. The van der Waals surface area contributed by atoms with Gasteiger partial charge in [-0.3, -0.25) is 0 Å². The topological polar surface area (TPSA) is 37.3 Å². The van der Waals surface area contributed by atoms with Crippen LogP contribution in [0.3, 0.4) is 0 Å². The molecule has 2 aromatic rings. The lowest BCUT2D eigenvalue weighted by molar-refractivity contribution is 0.0696. The molecule has 3 heteroatoms. The van der Waals surface area contributed by atoms with Crippen LogP contribution in [0.1, 0.15) is 21.5 Å². The molecule has 0 aliphatic carbocycles. The zero-order chi connectivity index (χ0) is 13.0. The molecule has 0 fully saturated rings. The first-order valence-electron chi connectivity index (χ1n) is 5.67. The van der Waals surface area contributed by atoms with E-state index in [1.54, 1.807) is 30.0 Å². The third-order valence-electron chi connectivity index (χ3n) is 2.61. The minimum absolute atomic E-state index is 0.337. The first-order valence-corrected chi connectivity index (χ1v) is 6.65. The van der Waals surface area contributed by atoms with E-state index in [1.807, 2.05) is 6.07 Å². The molecule has 0 saturated heterocycles. The maximum Gasteiger partial charge on any atom is 0.335 e. The number of thioether (sulfide) groups is 1. The van der Waals surface area contributed by atoms with Crippen LogP contribution < -0.4 is 0 Å². The molecule has 0 atom stereocenters. The summed E-state index contributed by atoms with van der Waals surface area (Å²) in [5, 5.41) is 8.92. The van der Waals surface area contributed by atoms with Crippen molar-refractivity contribution in [1.29, 1.82) is 0 Å². The van der Waals surface area contributed by atoms with Crippen molar-refractivity contribution < 1.29 is 9.90 Å². The van der Waals surface area contributed by atoms with Gasteiger partial charge in [-0.2, -0.15) is 0 Å². The van der Waals surface area contributed by atoms with Gasteiger partial charge in [-0.25, -0.2) is 4.79 Å². The molecule has 0 bridgehead atoms. The summed E-state index contributed by atoms with van der Waals surface area (Å²) >= 11 is 1.65. The monoisotopic (exact) mass is 258 g/mol. The fourth-order valence-electron chi connectivity index (χ4n) is 1.57. The molecule has 0 radical (unpaired) electrons. The molecule has 0 heterocycles. The Kier molecular flexibility index (Phi) is 4.05. The molecule has 0 aromatic heterocycles. The Morgan fingerprint density at radius 3 is 2.56 bits per heavy atom. The molecular weight excluding hydrogens is 244 g/mol. The van der Waals surface area contributed by atoms with E-state index in [2.05, 4.69) is 31.2 Å². The molecule has 0 aliphatic heterocycles. The number of hydrogen-bond acceptors (Lipinski definition) is 2. The first kappa shape index (κ1) is 12.7. The summed E-state index contributed by atoms with van der Waals surface area (Å²) in [6.45, 7) is 2.06. The number of rotatable bonds is 4. The molecule has 0 saturated carbocycles. The van der Waals surface area contributed by atoms with Gasteiger partial charge in [0.25, 0.3) is 0 Å². The summed E-state index contributed by atoms with van der Waals surface area (Å²) < 4.78 is 0. The van der Waals surface area contributed by atoms with Gasteiger partial charge in [-0.15, -0.1) is 11.8 Å². The molecule has 2 aromatic carbocycles. The van der Waals surface area contributed by atoms with E-state index in [0.717, 1.165) is 10.6 Å². The maximum absolute atomic E-state index is 10.9. The quantitative estimate of drug-likeness (QED) is 0.843. The zero-order valence-corrected chi connectivity index (χ0v) is 10.9. The molecule has 2 nitrogen and oxygen atoms in total. The van der Waals surface area contributed by atoms with Crippen LogP contribution in [-0.2, 0) is 5.75 Å². The molecular formula is C15H14O2S. The first-order chi connectivity index (χ1) is 8.65. The Balaban J connectivity index is 2.04. The molecule has 18 heavy (non-hydrogen) atoms. The summed E-state index contributed by atoms with van der Waals surface area (Å²) in [5.74, 6) is -0.0311. The Morgan fingerprint density at radius 1 is 1.17 bits per heavy atom. The normalized spacial score (nSPS) is 10.3. The highest BCUT2D eigenvalue weighted by Crippen LogP contribution is 2.23. The molecule has 92 valence electrons. The van der Waals surface area contributed by atoms with Crippen molar-refractivity contribution in [2.24, 2.45) is 0 Å². The van der Waals surface area contributed by atoms with Crippen LogP contribution >= 0.6 is 11.8 Å². The van der Waals surface area contributed by atoms with Crippen molar-refractivity contribution >= 4 is 17.7 Å². The number of benzene rings is 2. The van der Waals surface area contributed by atoms with Crippen LogP contribution in [0.2, 0.25) is 0 Å². The Morgan fingerprint density at radius 2 is 1.89 bits per heavy atom. The highest BCUT2D eigenvalue weighted by molar-refractivity contribution is 7.98. The van der Waals surface area contributed by atoms with Crippen molar-refractivity contribution in [1.82, 2.24) is 0 Å². The van der Waals surface area contributed by atoms with Crippen LogP contribution in [0.25, 0.3) is 0 Å². The van der Waals surface area contributed by atoms with E-state index in [-0.39, 0.29) is 0 Å². The lowest BCUT2D eigenvalue weighted by Gasteiger charge is -2.03. The van der Waals surface area contributed by atoms with Gasteiger partial charge in [0.2, 0.25) is 0 Å². The fourth-order valence-corrected chi connectivity index (χ4v) is 2.48. The second kappa shape index (κ2) is 5.74. The number of carboxylic acid groups (broad SMARTS) is 1. The van der Waals surface area contributed by atoms with Crippen molar-refractivity contribution in [3.8, 4) is 0 Å². The third-order valence-corrected chi connectivity index (χ3v) is 3.67. The predicted octanol–water partition coefficient (Wildman–Crippen LogP) is 3.99. The van der Waals surface area contributed by atoms with E-state index >= 15 is 0 Å². The SMILES string of the molecule is Cc1ccc(CSc2cccc(C(=O)O)c2)cc1. The lowest BCUT2D eigenvalue weighted by Crippen LogP contribution is -1.95. The molecule has 2 rings (SSSR count). The van der Waals surface area contributed by atoms with Crippen molar-refractivity contribution in [3.05, 3.63) is 65.2 Å². The number of carboxylic acids is 1. The standard InChI is InChI=1S/C15H14O2S/c1-11-5-7-12(8-6-11)10-18-14-4-2-3-13(9-14)15(16)17/h2-9H,10H2,1H3,(H,16,17). The second-order valence-electron chi connectivity index (χ2n) is 4.11. The van der Waals surface area contributed by atoms with E-state index in [4.69, 9.17) is 5.11 Å². The van der Waals surface area contributed by atoms with Gasteiger partial charge < -0.3 is 5.11 Å². The summed E-state index contributed by atoms with van der Waals surface area (Å²) in [6.07, 6.45) is 0. The van der Waals surface area contributed by atoms with Gasteiger partial charge in [0.15, 0.2) is 0 Å². The van der Waals surface area contributed by atoms with Gasteiger partial charge in [0, 0.05) is 10.6 Å². The third kappa shape index (κ3) is 3.37. The summed E-state index contributed by atoms with van der Waals surface area (Å²) in [7, 11) is 0. The van der Waals surface area contributed by atoms with E-state index < -0.39 is 5.97 Å². The predicted molar refractivity (Wildman–Crippen MR) is 74.1 cm³/mol. The molecule has 0 spiro atoms. The van der Waals surface area contributed by atoms with Crippen LogP contribution in [0, 0.1) is 6.92 Å². The van der Waals surface area contributed by atoms with Crippen LogP contribution in [0.4, 0.5) is 0 Å². The average molecular weight is 258 g/mol. The maximum atomic E-state index is 10.9. The molecule has 0 amide bonds. The minimum atomic E-state index is -0.882. The van der Waals surface area contributed by atoms with Crippen molar-refractivity contribution in [2.45, 2.75) is 17.6 Å². The Labute approximate surface area is 111 Å². The summed E-state index contributed by atoms with van der Waals surface area (Å²) in [4.78, 5) is 11.8. The van der Waals surface area contributed by atoms with E-state index in [1.165, 1.54) is 11.1 Å². The van der Waals surface area contributed by atoms with Crippen LogP contribution in [0.5, 0.6) is 0 Å². The second-order valence-corrected chi connectivity index (χ2v) is 5.16. The Hall–Kier alpha value is -1.74. The number of carbonyl (C=O) groups is 1. The fraction of sp³-hybridized carbons (Fsp3) is 0.133. The van der Waals surface area contributed by atoms with Gasteiger partial charge in [0.05, 0.1) is 5.56 Å². The Bertz CT molecular complexity index is 547. The average Bonchev–Trinajstić information content (AvgIpc) is 2.38.